The Morgan fingerprint density at radius 2 is 0.400 bits per heavy atom. The van der Waals surface area contributed by atoms with E-state index >= 15 is 0 Å². The minimum Gasteiger partial charge on any atom is -0.209 e. The van der Waals surface area contributed by atoms with Crippen LogP contribution < -0.4 is 0 Å². The van der Waals surface area contributed by atoms with Crippen LogP contribution in [0.1, 0.15) is 0 Å². The van der Waals surface area contributed by atoms with Crippen LogP contribution >= 0.6 is 0 Å². The molecule has 1 radical (unpaired) electrons. The largest absolute Gasteiger partial charge is 0.209 e. The molecule has 5 aliphatic heterocycles. The van der Waals surface area contributed by atoms with E-state index in [0.29, 0.717) is 46.7 Å². The number of hydrogen-bond acceptors (Lipinski definition) is 8. The summed E-state index contributed by atoms with van der Waals surface area (Å²) in [5.41, 5.74) is 0. The van der Waals surface area contributed by atoms with E-state index in [0.717, 1.165) is 0 Å². The van der Waals surface area contributed by atoms with Crippen molar-refractivity contribution in [3.63, 3.8) is 0 Å². The average molecular weight is 376 g/mol. The van der Waals surface area contributed by atoms with Crippen LogP contribution in [0.3, 0.4) is 0 Å². The molecule has 0 unspecified atom stereocenters. The van der Waals surface area contributed by atoms with Gasteiger partial charge in [-0.2, -0.15) is 0 Å². The molecule has 8 bridgehead atoms. The summed E-state index contributed by atoms with van der Waals surface area (Å²) in [7, 11) is 0. The molecule has 25 heavy (non-hydrogen) atoms. The van der Waals surface area contributed by atoms with Crippen molar-refractivity contribution in [3.05, 3.63) is 48.6 Å². The number of hydrogen-bond donors (Lipinski definition) is 0. The van der Waals surface area contributed by atoms with Gasteiger partial charge in [0.1, 0.15) is 0 Å². The Kier molecular flexibility index (Phi) is 3.72. The van der Waals surface area contributed by atoms with E-state index in [2.05, 4.69) is 39.9 Å². The molecule has 0 aromatic rings. The second-order valence-electron chi connectivity index (χ2n) is 5.09. The standard InChI is InChI=1S/C16H8N8.Cu/c1-2-10-17-9(1)21-11-3-4-13(18-11)23-15-7-8-16(20-15)24-14-6-5-12(19-14)22-10;/h1-8H;/b21-9-,21-11?,22-10?,22-12-,23-13-,23-15?,24-14?,24-16-;. The van der Waals surface area contributed by atoms with Gasteiger partial charge in [-0.3, -0.25) is 0 Å². The molecule has 0 saturated carbocycles. The van der Waals surface area contributed by atoms with Crippen molar-refractivity contribution in [3.8, 4) is 0 Å². The van der Waals surface area contributed by atoms with Crippen molar-refractivity contribution in [2.24, 2.45) is 39.9 Å². The fraction of sp³-hybridized carbons (Fsp3) is 0. The van der Waals surface area contributed by atoms with Gasteiger partial charge in [-0.05, 0) is 48.6 Å². The molecule has 0 aromatic carbocycles. The molecule has 8 nitrogen and oxygen atoms in total. The first-order valence-electron chi connectivity index (χ1n) is 7.22. The van der Waals surface area contributed by atoms with Gasteiger partial charge in [-0.1, -0.05) is 0 Å². The van der Waals surface area contributed by atoms with Crippen LogP contribution in [0, 0.1) is 0 Å². The van der Waals surface area contributed by atoms with Crippen molar-refractivity contribution in [1.82, 2.24) is 0 Å². The zero-order valence-corrected chi connectivity index (χ0v) is 13.4. The van der Waals surface area contributed by atoms with E-state index in [4.69, 9.17) is 0 Å². The van der Waals surface area contributed by atoms with Crippen LogP contribution in [0.5, 0.6) is 0 Å². The zero-order chi connectivity index (χ0) is 15.9. The van der Waals surface area contributed by atoms with E-state index in [1.165, 1.54) is 0 Å². The average Bonchev–Trinajstić information content (AvgIpc) is 3.32. The molecular weight excluding hydrogens is 368 g/mol. The number of aliphatic imine (C=N–C) groups is 8. The molecule has 5 aliphatic rings. The van der Waals surface area contributed by atoms with Crippen molar-refractivity contribution in [1.29, 1.82) is 0 Å². The summed E-state index contributed by atoms with van der Waals surface area (Å²) in [5, 5.41) is 0. The monoisotopic (exact) mass is 375 g/mol. The topological polar surface area (TPSA) is 98.9 Å². The van der Waals surface area contributed by atoms with Crippen molar-refractivity contribution >= 4 is 46.7 Å². The molecule has 5 heterocycles. The first-order valence-corrected chi connectivity index (χ1v) is 7.22. The summed E-state index contributed by atoms with van der Waals surface area (Å²) in [6, 6.07) is 0. The molecule has 0 aromatic heterocycles. The maximum absolute atomic E-state index is 4.37. The smallest absolute Gasteiger partial charge is 0.156 e. The number of nitrogens with zero attached hydrogens (tertiary/aromatic N) is 8. The van der Waals surface area contributed by atoms with Gasteiger partial charge < -0.3 is 0 Å². The number of amidine groups is 8. The summed E-state index contributed by atoms with van der Waals surface area (Å²) < 4.78 is 0. The van der Waals surface area contributed by atoms with Crippen LogP contribution in [-0.4, -0.2) is 46.7 Å². The second kappa shape index (κ2) is 6.04. The van der Waals surface area contributed by atoms with Gasteiger partial charge in [0.15, 0.2) is 46.7 Å². The van der Waals surface area contributed by atoms with E-state index in [1.54, 1.807) is 48.6 Å². The maximum Gasteiger partial charge on any atom is 0.156 e. The van der Waals surface area contributed by atoms with Crippen LogP contribution in [0.2, 0.25) is 0 Å². The Hall–Kier alpha value is -3.16. The van der Waals surface area contributed by atoms with E-state index in [-0.39, 0.29) is 17.1 Å². The van der Waals surface area contributed by atoms with Gasteiger partial charge in [0, 0.05) is 17.1 Å². The first-order chi connectivity index (χ1) is 11.8. The molecule has 0 atom stereocenters. The summed E-state index contributed by atoms with van der Waals surface area (Å²) in [5.74, 6) is 4.30. The van der Waals surface area contributed by atoms with Crippen LogP contribution in [0.4, 0.5) is 0 Å². The summed E-state index contributed by atoms with van der Waals surface area (Å²) in [4.78, 5) is 34.8. The Labute approximate surface area is 152 Å². The Balaban J connectivity index is 0.00000157. The molecule has 0 aliphatic carbocycles. The Morgan fingerprint density at radius 1 is 0.280 bits per heavy atom. The van der Waals surface area contributed by atoms with Gasteiger partial charge in [-0.15, -0.1) is 0 Å². The van der Waals surface area contributed by atoms with E-state index in [9.17, 15) is 0 Å². The molecule has 123 valence electrons. The van der Waals surface area contributed by atoms with Gasteiger partial charge in [-0.25, -0.2) is 39.9 Å². The molecule has 9 heteroatoms. The first kappa shape index (κ1) is 15.4. The quantitative estimate of drug-likeness (QED) is 0.573. The van der Waals surface area contributed by atoms with Crippen LogP contribution in [-0.2, 0) is 17.1 Å². The summed E-state index contributed by atoms with van der Waals surface area (Å²) >= 11 is 0. The minimum absolute atomic E-state index is 0. The van der Waals surface area contributed by atoms with Gasteiger partial charge in [0.25, 0.3) is 0 Å². The molecular formula is C16H8CuN8. The van der Waals surface area contributed by atoms with Crippen molar-refractivity contribution in [2.45, 2.75) is 0 Å². The molecule has 0 saturated heterocycles. The minimum atomic E-state index is 0. The molecule has 0 amide bonds. The number of rotatable bonds is 0. The summed E-state index contributed by atoms with van der Waals surface area (Å²) in [6.45, 7) is 0. The fourth-order valence-corrected chi connectivity index (χ4v) is 2.33. The third-order valence-electron chi connectivity index (χ3n) is 3.36. The molecule has 0 N–H and O–H groups in total. The van der Waals surface area contributed by atoms with E-state index < -0.39 is 0 Å². The van der Waals surface area contributed by atoms with Crippen molar-refractivity contribution in [2.75, 3.05) is 0 Å². The van der Waals surface area contributed by atoms with Crippen molar-refractivity contribution < 1.29 is 17.1 Å². The normalized spacial score (nSPS) is 30.1. The van der Waals surface area contributed by atoms with Gasteiger partial charge >= 0.3 is 0 Å². The van der Waals surface area contributed by atoms with Gasteiger partial charge in [0.2, 0.25) is 0 Å². The van der Waals surface area contributed by atoms with Crippen LogP contribution in [0.25, 0.3) is 0 Å². The van der Waals surface area contributed by atoms with E-state index in [1.807, 2.05) is 0 Å². The fourth-order valence-electron chi connectivity index (χ4n) is 2.33. The van der Waals surface area contributed by atoms with Crippen LogP contribution in [0.15, 0.2) is 88.5 Å². The third-order valence-corrected chi connectivity index (χ3v) is 3.36. The Bertz CT molecular complexity index is 854. The predicted octanol–water partition coefficient (Wildman–Crippen LogP) is 1.46. The summed E-state index contributed by atoms with van der Waals surface area (Å²) in [6.07, 6.45) is 14.2. The molecule has 0 fully saturated rings. The zero-order valence-electron chi connectivity index (χ0n) is 12.5. The predicted molar refractivity (Wildman–Crippen MR) is 96.0 cm³/mol. The Morgan fingerprint density at radius 3 is 0.520 bits per heavy atom. The second-order valence-corrected chi connectivity index (χ2v) is 5.09. The SMILES string of the molecule is C1=C/C2=N/C3=NC(=N\C4=NC(=N\C5=NC(=N\C1=N2)/C=C5)/C=C4)/C=C3.[Cu]. The third kappa shape index (κ3) is 3.10. The number of fused-ring (bicyclic) bond motifs is 4. The van der Waals surface area contributed by atoms with Gasteiger partial charge in [0.05, 0.1) is 0 Å². The maximum atomic E-state index is 4.37. The molecule has 5 rings (SSSR count). The molecule has 0 spiro atoms.